The number of rotatable bonds is 8. The molecule has 1 amide bonds. The van der Waals surface area contributed by atoms with Gasteiger partial charge < -0.3 is 19.9 Å². The molecule has 1 rings (SSSR count). The molecule has 1 aliphatic rings. The van der Waals surface area contributed by atoms with Crippen LogP contribution in [0.15, 0.2) is 4.99 Å². The van der Waals surface area contributed by atoms with E-state index in [2.05, 4.69) is 15.2 Å². The number of aliphatic imine (C=N–C) groups is 1. The first-order chi connectivity index (χ1) is 12.3. The van der Waals surface area contributed by atoms with Crippen LogP contribution in [0, 0.1) is 0 Å². The van der Waals surface area contributed by atoms with Crippen LogP contribution in [0.5, 0.6) is 0 Å². The second-order valence-corrected chi connectivity index (χ2v) is 8.00. The normalized spacial score (nSPS) is 16.1. The number of amides is 1. The molecule has 9 nitrogen and oxygen atoms in total. The molecule has 1 N–H and O–H groups in total. The summed E-state index contributed by atoms with van der Waals surface area (Å²) in [6.07, 6.45) is 1.63. The molecule has 0 saturated carbocycles. The van der Waals surface area contributed by atoms with Crippen LogP contribution in [-0.2, 0) is 14.8 Å². The summed E-state index contributed by atoms with van der Waals surface area (Å²) in [5, 5.41) is 3.26. The molecule has 1 heterocycles. The van der Waals surface area contributed by atoms with Crippen LogP contribution in [0.1, 0.15) is 27.2 Å². The topological polar surface area (TPSA) is 94.5 Å². The van der Waals surface area contributed by atoms with Gasteiger partial charge in [0.15, 0.2) is 5.96 Å². The number of nitrogens with one attached hydrogen (secondary N) is 1. The van der Waals surface area contributed by atoms with Crippen LogP contribution in [-0.4, -0.2) is 99.8 Å². The van der Waals surface area contributed by atoms with Crippen molar-refractivity contribution in [3.63, 3.8) is 0 Å². The Bertz CT molecular complexity index is 559. The Morgan fingerprint density at radius 2 is 1.77 bits per heavy atom. The van der Waals surface area contributed by atoms with Gasteiger partial charge in [0.1, 0.15) is 0 Å². The number of nitrogens with zero attached hydrogens (tertiary/aromatic N) is 4. The molecule has 0 aromatic rings. The summed E-state index contributed by atoms with van der Waals surface area (Å²) in [6.45, 7) is 10.8. The lowest BCUT2D eigenvalue weighted by Crippen LogP contribution is -2.54. The van der Waals surface area contributed by atoms with Crippen molar-refractivity contribution >= 4 is 22.1 Å². The Morgan fingerprint density at radius 3 is 2.27 bits per heavy atom. The third-order valence-corrected chi connectivity index (χ3v) is 5.47. The van der Waals surface area contributed by atoms with Gasteiger partial charge in [-0.2, -0.15) is 0 Å². The zero-order chi connectivity index (χ0) is 19.6. The molecule has 0 aliphatic carbocycles. The molecular weight excluding hydrogens is 358 g/mol. The standard InChI is InChI=1S/C16H33N5O4S/c1-5-17-15(18-9-8-10-21(6-2)26(4,23)24)19-11-13-20(14-12-19)16(22)25-7-3/h5-14H2,1-4H3,(H,17,18). The van der Waals surface area contributed by atoms with Gasteiger partial charge in [-0.05, 0) is 20.3 Å². The minimum Gasteiger partial charge on any atom is -0.450 e. The molecule has 152 valence electrons. The van der Waals surface area contributed by atoms with Gasteiger partial charge >= 0.3 is 6.09 Å². The molecule has 0 aromatic carbocycles. The number of guanidine groups is 1. The summed E-state index contributed by atoms with van der Waals surface area (Å²) in [5.74, 6) is 0.804. The lowest BCUT2D eigenvalue weighted by Gasteiger charge is -2.35. The van der Waals surface area contributed by atoms with Crippen LogP contribution in [0.3, 0.4) is 0 Å². The maximum absolute atomic E-state index is 11.8. The van der Waals surface area contributed by atoms with Gasteiger partial charge in [-0.3, -0.25) is 4.99 Å². The number of hydrogen-bond donors (Lipinski definition) is 1. The first-order valence-electron chi connectivity index (χ1n) is 9.23. The third kappa shape index (κ3) is 7.36. The van der Waals surface area contributed by atoms with E-state index in [0.717, 1.165) is 12.5 Å². The van der Waals surface area contributed by atoms with Crippen molar-refractivity contribution in [1.82, 2.24) is 19.4 Å². The number of sulfonamides is 1. The van der Waals surface area contributed by atoms with E-state index in [-0.39, 0.29) is 6.09 Å². The Hall–Kier alpha value is -1.55. The van der Waals surface area contributed by atoms with Gasteiger partial charge in [-0.15, -0.1) is 0 Å². The van der Waals surface area contributed by atoms with Gasteiger partial charge in [-0.25, -0.2) is 17.5 Å². The molecule has 1 fully saturated rings. The highest BCUT2D eigenvalue weighted by atomic mass is 32.2. The summed E-state index contributed by atoms with van der Waals surface area (Å²) < 4.78 is 29.7. The van der Waals surface area contributed by atoms with E-state index in [1.807, 2.05) is 13.8 Å². The van der Waals surface area contributed by atoms with E-state index in [9.17, 15) is 13.2 Å². The number of piperazine rings is 1. The molecule has 10 heteroatoms. The molecule has 0 aromatic heterocycles. The van der Waals surface area contributed by atoms with E-state index in [4.69, 9.17) is 4.74 Å². The number of carbonyl (C=O) groups excluding carboxylic acids is 1. The number of hydrogen-bond acceptors (Lipinski definition) is 5. The summed E-state index contributed by atoms with van der Waals surface area (Å²) in [7, 11) is -3.16. The van der Waals surface area contributed by atoms with Crippen LogP contribution in [0.2, 0.25) is 0 Å². The van der Waals surface area contributed by atoms with Crippen molar-refractivity contribution in [3.05, 3.63) is 0 Å². The van der Waals surface area contributed by atoms with E-state index in [1.54, 1.807) is 11.8 Å². The molecule has 0 radical (unpaired) electrons. The van der Waals surface area contributed by atoms with E-state index in [1.165, 1.54) is 10.6 Å². The molecule has 0 unspecified atom stereocenters. The Labute approximate surface area is 157 Å². The molecule has 1 aliphatic heterocycles. The highest BCUT2D eigenvalue weighted by Crippen LogP contribution is 2.05. The first-order valence-corrected chi connectivity index (χ1v) is 11.1. The maximum atomic E-state index is 11.8. The lowest BCUT2D eigenvalue weighted by atomic mass is 10.3. The van der Waals surface area contributed by atoms with Crippen molar-refractivity contribution in [2.45, 2.75) is 27.2 Å². The van der Waals surface area contributed by atoms with Crippen LogP contribution < -0.4 is 5.32 Å². The van der Waals surface area contributed by atoms with E-state index >= 15 is 0 Å². The summed E-state index contributed by atoms with van der Waals surface area (Å²) in [5.41, 5.74) is 0. The van der Waals surface area contributed by atoms with Crippen molar-refractivity contribution < 1.29 is 17.9 Å². The summed E-state index contributed by atoms with van der Waals surface area (Å²) in [6, 6.07) is 0. The van der Waals surface area contributed by atoms with Gasteiger partial charge in [0.25, 0.3) is 0 Å². The second-order valence-electron chi connectivity index (χ2n) is 6.02. The smallest absolute Gasteiger partial charge is 0.409 e. The molecular formula is C16H33N5O4S. The molecule has 0 bridgehead atoms. The van der Waals surface area contributed by atoms with Gasteiger partial charge in [-0.1, -0.05) is 6.92 Å². The molecule has 0 atom stereocenters. The van der Waals surface area contributed by atoms with E-state index in [0.29, 0.717) is 58.8 Å². The van der Waals surface area contributed by atoms with Gasteiger partial charge in [0.2, 0.25) is 10.0 Å². The van der Waals surface area contributed by atoms with Gasteiger partial charge in [0, 0.05) is 52.4 Å². The van der Waals surface area contributed by atoms with Crippen molar-refractivity contribution in [1.29, 1.82) is 0 Å². The lowest BCUT2D eigenvalue weighted by molar-refractivity contribution is 0.0914. The van der Waals surface area contributed by atoms with Crippen molar-refractivity contribution in [2.75, 3.05) is 65.2 Å². The number of ether oxygens (including phenoxy) is 1. The average molecular weight is 392 g/mol. The largest absolute Gasteiger partial charge is 0.450 e. The number of carbonyl (C=O) groups is 1. The summed E-state index contributed by atoms with van der Waals surface area (Å²) in [4.78, 5) is 20.2. The van der Waals surface area contributed by atoms with Crippen molar-refractivity contribution in [2.24, 2.45) is 4.99 Å². The fraction of sp³-hybridized carbons (Fsp3) is 0.875. The highest BCUT2D eigenvalue weighted by Gasteiger charge is 2.23. The fourth-order valence-corrected chi connectivity index (χ4v) is 3.66. The predicted molar refractivity (Wildman–Crippen MR) is 103 cm³/mol. The van der Waals surface area contributed by atoms with Crippen LogP contribution >= 0.6 is 0 Å². The summed E-state index contributed by atoms with van der Waals surface area (Å²) >= 11 is 0. The van der Waals surface area contributed by atoms with E-state index < -0.39 is 10.0 Å². The monoisotopic (exact) mass is 391 g/mol. The fourth-order valence-electron chi connectivity index (χ4n) is 2.73. The van der Waals surface area contributed by atoms with Gasteiger partial charge in [0.05, 0.1) is 12.9 Å². The molecule has 26 heavy (non-hydrogen) atoms. The Balaban J connectivity index is 2.53. The maximum Gasteiger partial charge on any atom is 0.409 e. The Kier molecular flexibility index (Phi) is 9.71. The zero-order valence-electron chi connectivity index (χ0n) is 16.4. The SMILES string of the molecule is CCNC(=NCCCN(CC)S(C)(=O)=O)N1CCN(C(=O)OCC)CC1. The molecule has 0 spiro atoms. The molecule has 1 saturated heterocycles. The minimum absolute atomic E-state index is 0.269. The van der Waals surface area contributed by atoms with Crippen LogP contribution in [0.25, 0.3) is 0 Å². The first kappa shape index (κ1) is 22.5. The predicted octanol–water partition coefficient (Wildman–Crippen LogP) is 0.398. The minimum atomic E-state index is -3.16. The zero-order valence-corrected chi connectivity index (χ0v) is 17.2. The highest BCUT2D eigenvalue weighted by molar-refractivity contribution is 7.88. The second kappa shape index (κ2) is 11.2. The van der Waals surface area contributed by atoms with Crippen molar-refractivity contribution in [3.8, 4) is 0 Å². The quantitative estimate of drug-likeness (QED) is 0.366. The third-order valence-electron chi connectivity index (χ3n) is 4.09. The Morgan fingerprint density at radius 1 is 1.15 bits per heavy atom. The van der Waals surface area contributed by atoms with Crippen LogP contribution in [0.4, 0.5) is 4.79 Å². The average Bonchev–Trinajstić information content (AvgIpc) is 2.60.